The summed E-state index contributed by atoms with van der Waals surface area (Å²) in [5.74, 6) is -0.966. The number of halogens is 3. The number of rotatable bonds is 4. The van der Waals surface area contributed by atoms with Crippen LogP contribution in [0.15, 0.2) is 53.1 Å². The molecule has 2 rings (SSSR count). The third-order valence-corrected chi connectivity index (χ3v) is 2.97. The normalized spacial score (nSPS) is 14.5. The highest BCUT2D eigenvalue weighted by Crippen LogP contribution is 2.38. The molecule has 112 valence electrons. The minimum Gasteiger partial charge on any atom is -0.459 e. The molecular weight excluding hydrogens is 287 g/mol. The molecule has 1 aromatic carbocycles. The second-order valence-electron chi connectivity index (χ2n) is 4.38. The minimum absolute atomic E-state index is 0.132. The molecule has 0 bridgehead atoms. The summed E-state index contributed by atoms with van der Waals surface area (Å²) >= 11 is 0. The summed E-state index contributed by atoms with van der Waals surface area (Å²) in [5.41, 5.74) is -3.52. The fourth-order valence-electron chi connectivity index (χ4n) is 1.78. The van der Waals surface area contributed by atoms with Crippen LogP contribution < -0.4 is 5.32 Å². The van der Waals surface area contributed by atoms with E-state index in [1.54, 1.807) is 0 Å². The summed E-state index contributed by atoms with van der Waals surface area (Å²) in [6.45, 7) is -1.01. The molecular formula is C14H12F3NO3. The molecule has 0 radical (unpaired) electrons. The highest BCUT2D eigenvalue weighted by atomic mass is 19.4. The summed E-state index contributed by atoms with van der Waals surface area (Å²) in [7, 11) is 0. The zero-order chi connectivity index (χ0) is 15.5. The molecule has 1 aromatic heterocycles. The van der Waals surface area contributed by atoms with Crippen LogP contribution in [0.1, 0.15) is 16.1 Å². The van der Waals surface area contributed by atoms with Gasteiger partial charge in [-0.3, -0.25) is 4.79 Å². The molecule has 1 heterocycles. The molecule has 0 saturated carbocycles. The lowest BCUT2D eigenvalue weighted by Gasteiger charge is -2.31. The second-order valence-corrected chi connectivity index (χ2v) is 4.38. The molecule has 0 aliphatic rings. The summed E-state index contributed by atoms with van der Waals surface area (Å²) < 4.78 is 44.3. The quantitative estimate of drug-likeness (QED) is 0.911. The molecule has 4 nitrogen and oxygen atoms in total. The van der Waals surface area contributed by atoms with Gasteiger partial charge in [0, 0.05) is 0 Å². The molecule has 0 aliphatic carbocycles. The number of alkyl halides is 3. The zero-order valence-corrected chi connectivity index (χ0v) is 10.7. The Morgan fingerprint density at radius 3 is 2.33 bits per heavy atom. The standard InChI is InChI=1S/C14H12F3NO3/c15-14(16,17)13(20,10-5-2-1-3-6-10)9-18-12(19)11-7-4-8-21-11/h1-8,20H,9H2,(H,18,19)/t13-/m0/s1. The Hall–Kier alpha value is -2.28. The van der Waals surface area contributed by atoms with Crippen molar-refractivity contribution in [2.45, 2.75) is 11.8 Å². The van der Waals surface area contributed by atoms with Gasteiger partial charge in [0.15, 0.2) is 5.76 Å². The molecule has 2 aromatic rings. The third-order valence-electron chi connectivity index (χ3n) is 2.97. The number of hydrogen-bond acceptors (Lipinski definition) is 3. The van der Waals surface area contributed by atoms with Gasteiger partial charge in [-0.1, -0.05) is 30.3 Å². The molecule has 0 spiro atoms. The monoisotopic (exact) mass is 299 g/mol. The van der Waals surface area contributed by atoms with Crippen molar-refractivity contribution in [2.24, 2.45) is 0 Å². The van der Waals surface area contributed by atoms with E-state index < -0.39 is 24.2 Å². The van der Waals surface area contributed by atoms with Gasteiger partial charge in [-0.05, 0) is 17.7 Å². The lowest BCUT2D eigenvalue weighted by atomic mass is 9.93. The minimum atomic E-state index is -4.94. The van der Waals surface area contributed by atoms with Crippen LogP contribution in [-0.4, -0.2) is 23.7 Å². The fraction of sp³-hybridized carbons (Fsp3) is 0.214. The van der Waals surface area contributed by atoms with Crippen molar-refractivity contribution in [3.8, 4) is 0 Å². The van der Waals surface area contributed by atoms with Crippen molar-refractivity contribution < 1.29 is 27.5 Å². The largest absolute Gasteiger partial charge is 0.459 e. The molecule has 7 heteroatoms. The van der Waals surface area contributed by atoms with Crippen LogP contribution in [0.25, 0.3) is 0 Å². The average Bonchev–Trinajstić information content (AvgIpc) is 2.98. The van der Waals surface area contributed by atoms with E-state index >= 15 is 0 Å². The maximum atomic E-state index is 13.2. The van der Waals surface area contributed by atoms with E-state index in [1.807, 2.05) is 5.32 Å². The first-order valence-corrected chi connectivity index (χ1v) is 6.01. The van der Waals surface area contributed by atoms with Gasteiger partial charge in [0.05, 0.1) is 12.8 Å². The van der Waals surface area contributed by atoms with Crippen molar-refractivity contribution in [1.82, 2.24) is 5.32 Å². The molecule has 0 unspecified atom stereocenters. The van der Waals surface area contributed by atoms with Crippen LogP contribution in [0.5, 0.6) is 0 Å². The fourth-order valence-corrected chi connectivity index (χ4v) is 1.78. The van der Waals surface area contributed by atoms with E-state index in [1.165, 1.54) is 36.6 Å². The molecule has 1 atom stereocenters. The summed E-state index contributed by atoms with van der Waals surface area (Å²) in [6, 6.07) is 9.31. The van der Waals surface area contributed by atoms with E-state index in [9.17, 15) is 23.1 Å². The second kappa shape index (κ2) is 5.61. The number of hydrogen-bond donors (Lipinski definition) is 2. The third kappa shape index (κ3) is 3.08. The van der Waals surface area contributed by atoms with Gasteiger partial charge >= 0.3 is 6.18 Å². The number of furan rings is 1. The van der Waals surface area contributed by atoms with Crippen molar-refractivity contribution in [3.05, 3.63) is 60.1 Å². The van der Waals surface area contributed by atoms with E-state index in [4.69, 9.17) is 4.42 Å². The Balaban J connectivity index is 2.20. The Morgan fingerprint density at radius 1 is 1.14 bits per heavy atom. The number of aliphatic hydroxyl groups is 1. The van der Waals surface area contributed by atoms with Gasteiger partial charge in [0.25, 0.3) is 5.91 Å². The van der Waals surface area contributed by atoms with Gasteiger partial charge in [-0.15, -0.1) is 0 Å². The molecule has 0 saturated heterocycles. The number of carbonyl (C=O) groups excluding carboxylic acids is 1. The molecule has 0 fully saturated rings. The average molecular weight is 299 g/mol. The van der Waals surface area contributed by atoms with Crippen molar-refractivity contribution in [2.75, 3.05) is 6.54 Å². The Bertz CT molecular complexity index is 596. The van der Waals surface area contributed by atoms with Crippen molar-refractivity contribution in [1.29, 1.82) is 0 Å². The Kier molecular flexibility index (Phi) is 4.04. The van der Waals surface area contributed by atoms with Crippen LogP contribution in [0, 0.1) is 0 Å². The van der Waals surface area contributed by atoms with Gasteiger partial charge in [0.2, 0.25) is 5.60 Å². The first-order chi connectivity index (χ1) is 9.84. The predicted octanol–water partition coefficient (Wildman–Crippen LogP) is 2.46. The molecule has 2 N–H and O–H groups in total. The van der Waals surface area contributed by atoms with Crippen LogP contribution in [0.3, 0.4) is 0 Å². The Morgan fingerprint density at radius 2 is 1.81 bits per heavy atom. The van der Waals surface area contributed by atoms with Gasteiger partial charge in [-0.25, -0.2) is 0 Å². The van der Waals surface area contributed by atoms with E-state index in [0.717, 1.165) is 12.1 Å². The molecule has 0 aliphatic heterocycles. The smallest absolute Gasteiger partial charge is 0.423 e. The number of benzene rings is 1. The van der Waals surface area contributed by atoms with Gasteiger partial charge in [0.1, 0.15) is 0 Å². The first kappa shape index (κ1) is 15.1. The van der Waals surface area contributed by atoms with Crippen LogP contribution in [0.2, 0.25) is 0 Å². The number of amides is 1. The molecule has 1 amide bonds. The lowest BCUT2D eigenvalue weighted by molar-refractivity contribution is -0.263. The van der Waals surface area contributed by atoms with E-state index in [2.05, 4.69) is 0 Å². The summed E-state index contributed by atoms with van der Waals surface area (Å²) in [6.07, 6.45) is -3.72. The van der Waals surface area contributed by atoms with Crippen LogP contribution in [-0.2, 0) is 5.60 Å². The van der Waals surface area contributed by atoms with Gasteiger partial charge < -0.3 is 14.8 Å². The van der Waals surface area contributed by atoms with Gasteiger partial charge in [-0.2, -0.15) is 13.2 Å². The highest BCUT2D eigenvalue weighted by molar-refractivity contribution is 5.91. The molecule has 21 heavy (non-hydrogen) atoms. The first-order valence-electron chi connectivity index (χ1n) is 6.01. The summed E-state index contributed by atoms with van der Waals surface area (Å²) in [4.78, 5) is 11.6. The number of nitrogens with one attached hydrogen (secondary N) is 1. The van der Waals surface area contributed by atoms with Crippen molar-refractivity contribution >= 4 is 5.91 Å². The maximum Gasteiger partial charge on any atom is 0.423 e. The SMILES string of the molecule is O=C(NC[C@](O)(c1ccccc1)C(F)(F)F)c1ccco1. The lowest BCUT2D eigenvalue weighted by Crippen LogP contribution is -2.51. The topological polar surface area (TPSA) is 62.5 Å². The number of carbonyl (C=O) groups is 1. The van der Waals surface area contributed by atoms with E-state index in [0.29, 0.717) is 0 Å². The maximum absolute atomic E-state index is 13.2. The zero-order valence-electron chi connectivity index (χ0n) is 10.7. The predicted molar refractivity (Wildman–Crippen MR) is 67.4 cm³/mol. The van der Waals surface area contributed by atoms with E-state index in [-0.39, 0.29) is 11.3 Å². The highest BCUT2D eigenvalue weighted by Gasteiger charge is 2.55. The Labute approximate surface area is 118 Å². The van der Waals surface area contributed by atoms with Crippen molar-refractivity contribution in [3.63, 3.8) is 0 Å². The van der Waals surface area contributed by atoms with Crippen LogP contribution in [0.4, 0.5) is 13.2 Å². The summed E-state index contributed by atoms with van der Waals surface area (Å²) in [5, 5.41) is 12.0. The van der Waals surface area contributed by atoms with Crippen LogP contribution >= 0.6 is 0 Å².